The average Bonchev–Trinajstić information content (AvgIpc) is 2.70. The van der Waals surface area contributed by atoms with Crippen LogP contribution in [-0.2, 0) is 6.54 Å². The molecule has 0 amide bonds. The van der Waals surface area contributed by atoms with Gasteiger partial charge in [0.15, 0.2) is 0 Å². The Hall–Kier alpha value is -2.16. The zero-order valence-corrected chi connectivity index (χ0v) is 10.6. The van der Waals surface area contributed by atoms with Crippen molar-refractivity contribution in [2.45, 2.75) is 19.9 Å². The van der Waals surface area contributed by atoms with Gasteiger partial charge >= 0.3 is 0 Å². The molecule has 1 aromatic carbocycles. The molecule has 0 saturated heterocycles. The highest BCUT2D eigenvalue weighted by atomic mass is 15.0. The molecular weight excluding hydrogens is 222 g/mol. The molecule has 1 aromatic heterocycles. The lowest BCUT2D eigenvalue weighted by Gasteiger charge is -2.05. The second-order valence-electron chi connectivity index (χ2n) is 4.10. The van der Waals surface area contributed by atoms with Crippen molar-refractivity contribution >= 4 is 23.8 Å². The van der Waals surface area contributed by atoms with Crippen molar-refractivity contribution in [2.24, 2.45) is 9.98 Å². The lowest BCUT2D eigenvalue weighted by molar-refractivity contribution is 0.737. The molecule has 92 valence electrons. The van der Waals surface area contributed by atoms with Crippen LogP contribution in [0, 0.1) is 6.92 Å². The first-order chi connectivity index (χ1) is 8.83. The van der Waals surface area contributed by atoms with E-state index in [0.717, 1.165) is 13.0 Å². The number of aliphatic imine (C=N–C) groups is 2. The van der Waals surface area contributed by atoms with Crippen molar-refractivity contribution in [2.75, 3.05) is 0 Å². The first-order valence-electron chi connectivity index (χ1n) is 6.00. The minimum atomic E-state index is 0.904. The van der Waals surface area contributed by atoms with Gasteiger partial charge in [-0.1, -0.05) is 18.2 Å². The summed E-state index contributed by atoms with van der Waals surface area (Å²) in [6, 6.07) is 10.7. The summed E-state index contributed by atoms with van der Waals surface area (Å²) < 4.78 is 2.32. The Labute approximate surface area is 107 Å². The van der Waals surface area contributed by atoms with Crippen LogP contribution >= 0.6 is 0 Å². The summed E-state index contributed by atoms with van der Waals surface area (Å²) in [7, 11) is 0. The van der Waals surface area contributed by atoms with Crippen LogP contribution < -0.4 is 0 Å². The van der Waals surface area contributed by atoms with Crippen molar-refractivity contribution in [1.82, 2.24) is 4.57 Å². The van der Waals surface area contributed by atoms with E-state index in [2.05, 4.69) is 58.5 Å². The van der Waals surface area contributed by atoms with Gasteiger partial charge in [-0.2, -0.15) is 0 Å². The van der Waals surface area contributed by atoms with E-state index >= 15 is 0 Å². The molecule has 0 bridgehead atoms. The van der Waals surface area contributed by atoms with Crippen molar-refractivity contribution in [1.29, 1.82) is 0 Å². The van der Waals surface area contributed by atoms with Crippen LogP contribution in [0.15, 0.2) is 52.7 Å². The predicted molar refractivity (Wildman–Crippen MR) is 78.5 cm³/mol. The molecule has 3 nitrogen and oxygen atoms in total. The fourth-order valence-electron chi connectivity index (χ4n) is 2.05. The fraction of sp³-hybridized carbons (Fsp3) is 0.200. The van der Waals surface area contributed by atoms with Gasteiger partial charge in [0.1, 0.15) is 0 Å². The summed E-state index contributed by atoms with van der Waals surface area (Å²) in [5.74, 6) is 0. The third kappa shape index (κ3) is 2.74. The summed E-state index contributed by atoms with van der Waals surface area (Å²) in [6.45, 7) is 6.43. The van der Waals surface area contributed by atoms with Gasteiger partial charge in [0.05, 0.1) is 0 Å². The van der Waals surface area contributed by atoms with Crippen LogP contribution in [0.4, 0.5) is 0 Å². The predicted octanol–water partition coefficient (Wildman–Crippen LogP) is 3.58. The lowest BCUT2D eigenvalue weighted by Crippen LogP contribution is -1.99. The Morgan fingerprint density at radius 1 is 1.28 bits per heavy atom. The highest BCUT2D eigenvalue weighted by Crippen LogP contribution is 2.19. The lowest BCUT2D eigenvalue weighted by atomic mass is 10.2. The van der Waals surface area contributed by atoms with Crippen molar-refractivity contribution < 1.29 is 0 Å². The van der Waals surface area contributed by atoms with E-state index in [-0.39, 0.29) is 0 Å². The second kappa shape index (κ2) is 5.96. The largest absolute Gasteiger partial charge is 0.345 e. The van der Waals surface area contributed by atoms with Gasteiger partial charge in [0.2, 0.25) is 0 Å². The van der Waals surface area contributed by atoms with Gasteiger partial charge in [0, 0.05) is 42.8 Å². The summed E-state index contributed by atoms with van der Waals surface area (Å²) in [4.78, 5) is 7.71. The van der Waals surface area contributed by atoms with E-state index in [1.807, 2.05) is 6.21 Å². The molecule has 3 heteroatoms. The quantitative estimate of drug-likeness (QED) is 0.714. The number of rotatable bonds is 5. The van der Waals surface area contributed by atoms with E-state index < -0.39 is 0 Å². The Bertz CT molecular complexity index is 591. The van der Waals surface area contributed by atoms with Crippen LogP contribution in [0.25, 0.3) is 10.9 Å². The molecule has 2 aromatic rings. The van der Waals surface area contributed by atoms with Crippen molar-refractivity contribution in [3.8, 4) is 0 Å². The number of benzene rings is 1. The highest BCUT2D eigenvalue weighted by Gasteiger charge is 2.03. The van der Waals surface area contributed by atoms with Crippen LogP contribution in [0.3, 0.4) is 0 Å². The number of hydrogen-bond acceptors (Lipinski definition) is 2. The molecule has 0 aliphatic heterocycles. The summed E-state index contributed by atoms with van der Waals surface area (Å²) in [5.41, 5.74) is 2.57. The Morgan fingerprint density at radius 3 is 2.94 bits per heavy atom. The molecule has 0 aliphatic carbocycles. The minimum absolute atomic E-state index is 0.904. The molecule has 0 atom stereocenters. The Kier molecular flexibility index (Phi) is 4.07. The molecule has 0 spiro atoms. The molecule has 1 heterocycles. The first kappa shape index (κ1) is 12.3. The topological polar surface area (TPSA) is 29.6 Å². The van der Waals surface area contributed by atoms with Crippen LogP contribution in [0.1, 0.15) is 12.1 Å². The molecule has 0 fully saturated rings. The number of aryl methyl sites for hydroxylation is 2. The minimum Gasteiger partial charge on any atom is -0.345 e. The van der Waals surface area contributed by atoms with Gasteiger partial charge in [0.25, 0.3) is 0 Å². The SMILES string of the molecule is C=N/C=C\N=C/CCn1c(C)cc2ccccc21. The first-order valence-corrected chi connectivity index (χ1v) is 6.00. The Balaban J connectivity index is 2.07. The molecule has 18 heavy (non-hydrogen) atoms. The third-order valence-electron chi connectivity index (χ3n) is 2.86. The van der Waals surface area contributed by atoms with Crippen LogP contribution in [-0.4, -0.2) is 17.5 Å². The maximum absolute atomic E-state index is 4.12. The molecule has 0 saturated carbocycles. The second-order valence-corrected chi connectivity index (χ2v) is 4.10. The van der Waals surface area contributed by atoms with E-state index in [9.17, 15) is 0 Å². The smallest absolute Gasteiger partial charge is 0.0482 e. The van der Waals surface area contributed by atoms with E-state index in [1.54, 1.807) is 12.4 Å². The highest BCUT2D eigenvalue weighted by molar-refractivity contribution is 5.81. The molecule has 0 unspecified atom stereocenters. The fourth-order valence-corrected chi connectivity index (χ4v) is 2.05. The zero-order chi connectivity index (χ0) is 12.8. The van der Waals surface area contributed by atoms with E-state index in [4.69, 9.17) is 0 Å². The summed E-state index contributed by atoms with van der Waals surface area (Å²) >= 11 is 0. The maximum Gasteiger partial charge on any atom is 0.0482 e. The summed E-state index contributed by atoms with van der Waals surface area (Å²) in [6.07, 6.45) is 6.03. The average molecular weight is 239 g/mol. The molecule has 0 N–H and O–H groups in total. The molecule has 0 aliphatic rings. The van der Waals surface area contributed by atoms with Gasteiger partial charge in [-0.25, -0.2) is 0 Å². The van der Waals surface area contributed by atoms with Crippen LogP contribution in [0.5, 0.6) is 0 Å². The number of nitrogens with zero attached hydrogens (tertiary/aromatic N) is 3. The number of aromatic nitrogens is 1. The monoisotopic (exact) mass is 239 g/mol. The summed E-state index contributed by atoms with van der Waals surface area (Å²) in [5, 5.41) is 1.29. The number of para-hydroxylation sites is 1. The van der Waals surface area contributed by atoms with E-state index in [0.29, 0.717) is 0 Å². The van der Waals surface area contributed by atoms with Gasteiger partial charge in [-0.15, -0.1) is 0 Å². The van der Waals surface area contributed by atoms with Gasteiger partial charge < -0.3 is 4.57 Å². The van der Waals surface area contributed by atoms with Crippen LogP contribution in [0.2, 0.25) is 0 Å². The van der Waals surface area contributed by atoms with Gasteiger partial charge in [-0.3, -0.25) is 9.98 Å². The standard InChI is InChI=1S/C15H17N3/c1-13-12-14-6-3-4-7-15(14)18(13)11-5-8-17-10-9-16-2/h3-4,6-10,12H,2,5,11H2,1H3/b10-9-,17-8-. The molecular formula is C15H17N3. The number of fused-ring (bicyclic) bond motifs is 1. The van der Waals surface area contributed by atoms with Crippen molar-refractivity contribution in [3.63, 3.8) is 0 Å². The maximum atomic E-state index is 4.12. The normalized spacial score (nSPS) is 11.8. The molecule has 0 radical (unpaired) electrons. The molecule has 2 rings (SSSR count). The Morgan fingerprint density at radius 2 is 2.11 bits per heavy atom. The third-order valence-corrected chi connectivity index (χ3v) is 2.86. The van der Waals surface area contributed by atoms with Crippen molar-refractivity contribution in [3.05, 3.63) is 48.4 Å². The van der Waals surface area contributed by atoms with Gasteiger partial charge in [-0.05, 0) is 31.2 Å². The zero-order valence-electron chi connectivity index (χ0n) is 10.6. The van der Waals surface area contributed by atoms with E-state index in [1.165, 1.54) is 16.6 Å². The number of hydrogen-bond donors (Lipinski definition) is 0.